The van der Waals surface area contributed by atoms with Crippen molar-refractivity contribution in [2.24, 2.45) is 5.92 Å². The lowest BCUT2D eigenvalue weighted by atomic mass is 9.92. The maximum absolute atomic E-state index is 14.1. The van der Waals surface area contributed by atoms with Crippen molar-refractivity contribution in [3.63, 3.8) is 0 Å². The molecule has 8 nitrogen and oxygen atoms in total. The molecule has 1 aromatic carbocycles. The molecule has 3 amide bonds. The maximum Gasteiger partial charge on any atom is 0.408 e. The predicted molar refractivity (Wildman–Crippen MR) is 138 cm³/mol. The fourth-order valence-corrected chi connectivity index (χ4v) is 3.65. The Bertz CT molecular complexity index is 920. The van der Waals surface area contributed by atoms with Gasteiger partial charge < -0.3 is 25.4 Å². The number of phenols is 1. The normalized spacial score (nSPS) is 14.2. The number of aryl methyl sites for hydroxylation is 1. The lowest BCUT2D eigenvalue weighted by Gasteiger charge is -2.44. The molecule has 0 aromatic heterocycles. The molecule has 0 aliphatic heterocycles. The Kier molecular flexibility index (Phi) is 9.40. The summed E-state index contributed by atoms with van der Waals surface area (Å²) in [7, 11) is 0. The first-order valence-electron chi connectivity index (χ1n) is 12.1. The lowest BCUT2D eigenvalue weighted by Crippen LogP contribution is -2.60. The van der Waals surface area contributed by atoms with E-state index >= 15 is 0 Å². The number of nitrogens with one attached hydrogen (secondary N) is 2. The molecular formula is C27H45N3O5. The minimum atomic E-state index is -0.997. The van der Waals surface area contributed by atoms with Crippen LogP contribution in [0.2, 0.25) is 0 Å². The van der Waals surface area contributed by atoms with E-state index in [9.17, 15) is 19.5 Å². The van der Waals surface area contributed by atoms with E-state index < -0.39 is 40.8 Å². The van der Waals surface area contributed by atoms with Crippen molar-refractivity contribution in [1.29, 1.82) is 0 Å². The van der Waals surface area contributed by atoms with E-state index in [-0.39, 0.29) is 17.6 Å². The predicted octanol–water partition coefficient (Wildman–Crippen LogP) is 4.83. The van der Waals surface area contributed by atoms with Crippen LogP contribution in [0, 0.1) is 12.8 Å². The molecule has 0 saturated heterocycles. The summed E-state index contributed by atoms with van der Waals surface area (Å²) < 4.78 is 5.39. The van der Waals surface area contributed by atoms with Crippen molar-refractivity contribution < 1.29 is 24.2 Å². The number of benzene rings is 1. The SMILES string of the molecule is Cc1cc(C(C(=O)NC(C)(C)C)N(C(=O)C(NC(=O)OC(C)(C)C)C(C)C)C(C)(C)C)ccc1O. The Morgan fingerprint density at radius 2 is 1.51 bits per heavy atom. The molecule has 0 spiro atoms. The number of ether oxygens (including phenoxy) is 1. The van der Waals surface area contributed by atoms with Crippen molar-refractivity contribution in [2.45, 2.75) is 112 Å². The molecule has 0 aliphatic rings. The first kappa shape index (κ1) is 30.3. The van der Waals surface area contributed by atoms with E-state index in [1.807, 2.05) is 55.4 Å². The summed E-state index contributed by atoms with van der Waals surface area (Å²) in [6, 6.07) is 2.95. The van der Waals surface area contributed by atoms with Crippen LogP contribution in [0.25, 0.3) is 0 Å². The molecule has 2 unspecified atom stereocenters. The van der Waals surface area contributed by atoms with Crippen LogP contribution < -0.4 is 10.6 Å². The maximum atomic E-state index is 14.1. The number of carbonyl (C=O) groups is 3. The zero-order chi connectivity index (χ0) is 27.5. The molecule has 0 fully saturated rings. The van der Waals surface area contributed by atoms with Gasteiger partial charge >= 0.3 is 6.09 Å². The summed E-state index contributed by atoms with van der Waals surface area (Å²) in [4.78, 5) is 41.9. The third kappa shape index (κ3) is 9.07. The second kappa shape index (κ2) is 10.9. The zero-order valence-electron chi connectivity index (χ0n) is 23.5. The first-order valence-corrected chi connectivity index (χ1v) is 12.1. The van der Waals surface area contributed by atoms with E-state index in [2.05, 4.69) is 10.6 Å². The Morgan fingerprint density at radius 3 is 1.91 bits per heavy atom. The molecule has 35 heavy (non-hydrogen) atoms. The number of hydrogen-bond donors (Lipinski definition) is 3. The molecular weight excluding hydrogens is 446 g/mol. The molecule has 1 aromatic rings. The van der Waals surface area contributed by atoms with Gasteiger partial charge in [0.15, 0.2) is 0 Å². The Hall–Kier alpha value is -2.77. The molecule has 0 bridgehead atoms. The average molecular weight is 492 g/mol. The summed E-state index contributed by atoms with van der Waals surface area (Å²) in [6.45, 7) is 21.8. The summed E-state index contributed by atoms with van der Waals surface area (Å²) in [6.07, 6.45) is -0.699. The van der Waals surface area contributed by atoms with E-state index in [0.717, 1.165) is 0 Å². The first-order chi connectivity index (χ1) is 15.6. The van der Waals surface area contributed by atoms with Crippen LogP contribution in [0.3, 0.4) is 0 Å². The van der Waals surface area contributed by atoms with Crippen LogP contribution in [-0.4, -0.2) is 50.6 Å². The Morgan fingerprint density at radius 1 is 0.971 bits per heavy atom. The van der Waals surface area contributed by atoms with Crippen molar-refractivity contribution in [2.75, 3.05) is 0 Å². The van der Waals surface area contributed by atoms with E-state index in [0.29, 0.717) is 11.1 Å². The Balaban J connectivity index is 3.64. The second-order valence-electron chi connectivity index (χ2n) is 12.4. The third-order valence-electron chi connectivity index (χ3n) is 5.11. The monoisotopic (exact) mass is 491 g/mol. The van der Waals surface area contributed by atoms with Gasteiger partial charge in [-0.05, 0) is 98.4 Å². The summed E-state index contributed by atoms with van der Waals surface area (Å²) in [5, 5.41) is 15.8. The van der Waals surface area contributed by atoms with Gasteiger partial charge in [0.1, 0.15) is 23.4 Å². The number of amides is 3. The van der Waals surface area contributed by atoms with Gasteiger partial charge in [-0.2, -0.15) is 0 Å². The van der Waals surface area contributed by atoms with Crippen molar-refractivity contribution >= 4 is 17.9 Å². The van der Waals surface area contributed by atoms with Gasteiger partial charge in [0.25, 0.3) is 0 Å². The lowest BCUT2D eigenvalue weighted by molar-refractivity contribution is -0.149. The highest BCUT2D eigenvalue weighted by Gasteiger charge is 2.43. The fourth-order valence-electron chi connectivity index (χ4n) is 3.65. The van der Waals surface area contributed by atoms with Gasteiger partial charge in [-0.3, -0.25) is 9.59 Å². The number of aromatic hydroxyl groups is 1. The van der Waals surface area contributed by atoms with Crippen LogP contribution >= 0.6 is 0 Å². The van der Waals surface area contributed by atoms with Crippen LogP contribution in [0.4, 0.5) is 4.79 Å². The molecule has 1 rings (SSSR count). The fraction of sp³-hybridized carbons (Fsp3) is 0.667. The largest absolute Gasteiger partial charge is 0.508 e. The van der Waals surface area contributed by atoms with Gasteiger partial charge in [-0.1, -0.05) is 19.9 Å². The van der Waals surface area contributed by atoms with Crippen molar-refractivity contribution in [1.82, 2.24) is 15.5 Å². The number of carbonyl (C=O) groups excluding carboxylic acids is 3. The van der Waals surface area contributed by atoms with Gasteiger partial charge in [0.05, 0.1) is 0 Å². The number of nitrogens with zero attached hydrogens (tertiary/aromatic N) is 1. The number of rotatable bonds is 6. The van der Waals surface area contributed by atoms with Gasteiger partial charge in [-0.25, -0.2) is 4.79 Å². The molecule has 3 N–H and O–H groups in total. The van der Waals surface area contributed by atoms with Gasteiger partial charge in [0.2, 0.25) is 11.8 Å². The second-order valence-corrected chi connectivity index (χ2v) is 12.4. The van der Waals surface area contributed by atoms with Crippen LogP contribution in [0.5, 0.6) is 5.75 Å². The van der Waals surface area contributed by atoms with E-state index in [1.165, 1.54) is 11.0 Å². The number of hydrogen-bond acceptors (Lipinski definition) is 5. The molecule has 0 saturated carbocycles. The summed E-state index contributed by atoms with van der Waals surface area (Å²) in [5.74, 6) is -0.930. The van der Waals surface area contributed by atoms with Gasteiger partial charge in [0, 0.05) is 11.1 Å². The van der Waals surface area contributed by atoms with Crippen molar-refractivity contribution in [3.05, 3.63) is 29.3 Å². The molecule has 2 atom stereocenters. The molecule has 0 aliphatic carbocycles. The number of alkyl carbamates (subject to hydrolysis) is 1. The molecule has 0 heterocycles. The topological polar surface area (TPSA) is 108 Å². The van der Waals surface area contributed by atoms with Gasteiger partial charge in [-0.15, -0.1) is 0 Å². The van der Waals surface area contributed by atoms with E-state index in [4.69, 9.17) is 4.74 Å². The number of phenolic OH excluding ortho intramolecular Hbond substituents is 1. The molecule has 198 valence electrons. The standard InChI is InChI=1S/C27H45N3O5/c1-16(2)20(28-24(34)35-27(10,11)12)23(33)30(26(7,8)9)21(22(32)29-25(4,5)6)18-13-14-19(31)17(3)15-18/h13-16,20-21,31H,1-12H3,(H,28,34)(H,29,32). The average Bonchev–Trinajstić information content (AvgIpc) is 2.61. The van der Waals surface area contributed by atoms with Crippen LogP contribution in [-0.2, 0) is 14.3 Å². The zero-order valence-corrected chi connectivity index (χ0v) is 23.5. The highest BCUT2D eigenvalue weighted by atomic mass is 16.6. The van der Waals surface area contributed by atoms with Crippen LogP contribution in [0.1, 0.15) is 93.3 Å². The highest BCUT2D eigenvalue weighted by molar-refractivity contribution is 5.93. The van der Waals surface area contributed by atoms with Crippen molar-refractivity contribution in [3.8, 4) is 5.75 Å². The summed E-state index contributed by atoms with van der Waals surface area (Å²) >= 11 is 0. The third-order valence-corrected chi connectivity index (χ3v) is 5.11. The quantitative estimate of drug-likeness (QED) is 0.528. The minimum Gasteiger partial charge on any atom is -0.508 e. The minimum absolute atomic E-state index is 0.101. The molecule has 0 radical (unpaired) electrons. The van der Waals surface area contributed by atoms with Crippen LogP contribution in [0.15, 0.2) is 18.2 Å². The highest BCUT2D eigenvalue weighted by Crippen LogP contribution is 2.33. The molecule has 8 heteroatoms. The smallest absolute Gasteiger partial charge is 0.408 e. The Labute approximate surface area is 210 Å². The van der Waals surface area contributed by atoms with E-state index in [1.54, 1.807) is 39.8 Å². The summed E-state index contributed by atoms with van der Waals surface area (Å²) in [5.41, 5.74) is -0.905.